The third kappa shape index (κ3) is 8.68. The minimum Gasteiger partial charge on any atom is -0.497 e. The zero-order valence-electron chi connectivity index (χ0n) is 16.3. The smallest absolute Gasteiger partial charge is 0.407 e. The SMILES string of the molecule is CCOC(=O)NC(CNC(=NC)NCCc1ccc(OC)cc1)C1CC1.I. The molecule has 1 saturated carbocycles. The van der Waals surface area contributed by atoms with Crippen LogP contribution >= 0.6 is 24.0 Å². The molecule has 0 aliphatic heterocycles. The Morgan fingerprint density at radius 3 is 2.52 bits per heavy atom. The van der Waals surface area contributed by atoms with Crippen LogP contribution in [0, 0.1) is 5.92 Å². The molecule has 1 aromatic carbocycles. The molecule has 0 heterocycles. The van der Waals surface area contributed by atoms with Crippen molar-refractivity contribution in [2.75, 3.05) is 33.9 Å². The first-order valence-electron chi connectivity index (χ1n) is 9.17. The van der Waals surface area contributed by atoms with Crippen LogP contribution in [-0.2, 0) is 11.2 Å². The number of guanidine groups is 1. The Hall–Kier alpha value is -1.71. The number of benzene rings is 1. The Bertz CT molecular complexity index is 591. The van der Waals surface area contributed by atoms with Crippen LogP contribution in [0.15, 0.2) is 29.3 Å². The summed E-state index contributed by atoms with van der Waals surface area (Å²) in [6.07, 6.45) is 2.82. The lowest BCUT2D eigenvalue weighted by Crippen LogP contribution is -2.48. The monoisotopic (exact) mass is 490 g/mol. The van der Waals surface area contributed by atoms with Gasteiger partial charge in [-0.15, -0.1) is 24.0 Å². The third-order valence-corrected chi connectivity index (χ3v) is 4.35. The fourth-order valence-corrected chi connectivity index (χ4v) is 2.70. The molecule has 0 saturated heterocycles. The number of rotatable bonds is 9. The van der Waals surface area contributed by atoms with Gasteiger partial charge < -0.3 is 25.4 Å². The quantitative estimate of drug-likeness (QED) is 0.282. The highest BCUT2D eigenvalue weighted by molar-refractivity contribution is 14.0. The molecule has 2 rings (SSSR count). The molecule has 1 unspecified atom stereocenters. The first-order valence-corrected chi connectivity index (χ1v) is 9.17. The number of ether oxygens (including phenoxy) is 2. The number of aliphatic imine (C=N–C) groups is 1. The second-order valence-electron chi connectivity index (χ2n) is 6.29. The van der Waals surface area contributed by atoms with E-state index in [-0.39, 0.29) is 36.1 Å². The van der Waals surface area contributed by atoms with Crippen molar-refractivity contribution in [3.63, 3.8) is 0 Å². The highest BCUT2D eigenvalue weighted by atomic mass is 127. The minimum atomic E-state index is -0.353. The van der Waals surface area contributed by atoms with E-state index in [0.717, 1.165) is 37.5 Å². The molecule has 3 N–H and O–H groups in total. The number of amides is 1. The van der Waals surface area contributed by atoms with E-state index in [1.54, 1.807) is 21.1 Å². The van der Waals surface area contributed by atoms with E-state index in [4.69, 9.17) is 9.47 Å². The summed E-state index contributed by atoms with van der Waals surface area (Å²) in [5, 5.41) is 9.53. The Morgan fingerprint density at radius 2 is 1.96 bits per heavy atom. The second kappa shape index (κ2) is 12.6. The van der Waals surface area contributed by atoms with Gasteiger partial charge in [0.15, 0.2) is 5.96 Å². The van der Waals surface area contributed by atoms with Crippen LogP contribution in [0.4, 0.5) is 4.79 Å². The van der Waals surface area contributed by atoms with Gasteiger partial charge in [0.1, 0.15) is 5.75 Å². The maximum Gasteiger partial charge on any atom is 0.407 e. The molecule has 1 atom stereocenters. The average molecular weight is 490 g/mol. The van der Waals surface area contributed by atoms with E-state index in [1.807, 2.05) is 12.1 Å². The minimum absolute atomic E-state index is 0. The molecule has 0 bridgehead atoms. The maximum atomic E-state index is 11.7. The Labute approximate surface area is 178 Å². The highest BCUT2D eigenvalue weighted by Crippen LogP contribution is 2.32. The first kappa shape index (κ1) is 23.3. The maximum absolute atomic E-state index is 11.7. The molecule has 152 valence electrons. The van der Waals surface area contributed by atoms with Gasteiger partial charge in [0, 0.05) is 20.1 Å². The largest absolute Gasteiger partial charge is 0.497 e. The lowest BCUT2D eigenvalue weighted by atomic mass is 10.1. The molecule has 7 nitrogen and oxygen atoms in total. The Balaban J connectivity index is 0.00000364. The number of carbonyl (C=O) groups is 1. The molecular formula is C19H31IN4O3. The summed E-state index contributed by atoms with van der Waals surface area (Å²) in [4.78, 5) is 15.9. The molecule has 0 radical (unpaired) electrons. The van der Waals surface area contributed by atoms with Crippen molar-refractivity contribution in [2.45, 2.75) is 32.2 Å². The van der Waals surface area contributed by atoms with Gasteiger partial charge in [-0.2, -0.15) is 0 Å². The van der Waals surface area contributed by atoms with E-state index in [1.165, 1.54) is 5.56 Å². The van der Waals surface area contributed by atoms with Gasteiger partial charge in [-0.05, 0) is 49.8 Å². The molecule has 1 aromatic rings. The molecule has 27 heavy (non-hydrogen) atoms. The van der Waals surface area contributed by atoms with Gasteiger partial charge in [-0.1, -0.05) is 12.1 Å². The van der Waals surface area contributed by atoms with Crippen LogP contribution in [-0.4, -0.2) is 51.9 Å². The molecule has 1 fully saturated rings. The predicted molar refractivity (Wildman–Crippen MR) is 118 cm³/mol. The molecule has 0 spiro atoms. The van der Waals surface area contributed by atoms with Gasteiger partial charge in [0.25, 0.3) is 0 Å². The van der Waals surface area contributed by atoms with E-state index >= 15 is 0 Å². The number of hydrogen-bond acceptors (Lipinski definition) is 4. The van der Waals surface area contributed by atoms with Crippen molar-refractivity contribution >= 4 is 36.0 Å². The number of nitrogens with one attached hydrogen (secondary N) is 3. The highest BCUT2D eigenvalue weighted by Gasteiger charge is 2.32. The predicted octanol–water partition coefficient (Wildman–Crippen LogP) is 2.55. The van der Waals surface area contributed by atoms with Gasteiger partial charge in [0.05, 0.1) is 19.8 Å². The first-order chi connectivity index (χ1) is 12.7. The van der Waals surface area contributed by atoms with Gasteiger partial charge in [-0.25, -0.2) is 4.79 Å². The summed E-state index contributed by atoms with van der Waals surface area (Å²) in [6.45, 7) is 3.58. The van der Waals surface area contributed by atoms with Crippen molar-refractivity contribution in [3.8, 4) is 5.75 Å². The topological polar surface area (TPSA) is 84.0 Å². The molecule has 1 aliphatic carbocycles. The van der Waals surface area contributed by atoms with Crippen LogP contribution in [0.5, 0.6) is 5.75 Å². The summed E-state index contributed by atoms with van der Waals surface area (Å²) in [7, 11) is 3.41. The zero-order valence-corrected chi connectivity index (χ0v) is 18.6. The van der Waals surface area contributed by atoms with Gasteiger partial charge in [-0.3, -0.25) is 4.99 Å². The van der Waals surface area contributed by atoms with Crippen LogP contribution < -0.4 is 20.7 Å². The number of halogens is 1. The third-order valence-electron chi connectivity index (χ3n) is 4.35. The van der Waals surface area contributed by atoms with Crippen molar-refractivity contribution in [1.82, 2.24) is 16.0 Å². The molecule has 1 aliphatic rings. The lowest BCUT2D eigenvalue weighted by Gasteiger charge is -2.20. The summed E-state index contributed by atoms with van der Waals surface area (Å²) < 4.78 is 10.1. The molecule has 8 heteroatoms. The molecule has 1 amide bonds. The zero-order chi connectivity index (χ0) is 18.8. The van der Waals surface area contributed by atoms with Crippen LogP contribution in [0.25, 0.3) is 0 Å². The Kier molecular flexibility index (Phi) is 10.9. The standard InChI is InChI=1S/C19H30N4O3.HI/c1-4-26-19(24)23-17(15-7-8-15)13-22-18(20-2)21-12-11-14-5-9-16(25-3)10-6-14;/h5-6,9-10,15,17H,4,7-8,11-13H2,1-3H3,(H,23,24)(H2,20,21,22);1H. The normalized spacial score (nSPS) is 14.6. The second-order valence-corrected chi connectivity index (χ2v) is 6.29. The number of nitrogens with zero attached hydrogens (tertiary/aromatic N) is 1. The van der Waals surface area contributed by atoms with Crippen LogP contribution in [0.3, 0.4) is 0 Å². The fourth-order valence-electron chi connectivity index (χ4n) is 2.70. The average Bonchev–Trinajstić information content (AvgIpc) is 3.49. The van der Waals surface area contributed by atoms with Crippen molar-refractivity contribution in [1.29, 1.82) is 0 Å². The van der Waals surface area contributed by atoms with E-state index < -0.39 is 0 Å². The summed E-state index contributed by atoms with van der Waals surface area (Å²) in [6, 6.07) is 8.11. The Morgan fingerprint density at radius 1 is 1.26 bits per heavy atom. The van der Waals surface area contributed by atoms with Crippen molar-refractivity contribution < 1.29 is 14.3 Å². The van der Waals surface area contributed by atoms with Crippen molar-refractivity contribution in [3.05, 3.63) is 29.8 Å². The van der Waals surface area contributed by atoms with Crippen LogP contribution in [0.1, 0.15) is 25.3 Å². The molecule has 0 aromatic heterocycles. The number of methoxy groups -OCH3 is 1. The van der Waals surface area contributed by atoms with Crippen LogP contribution in [0.2, 0.25) is 0 Å². The van der Waals surface area contributed by atoms with E-state index in [0.29, 0.717) is 19.1 Å². The summed E-state index contributed by atoms with van der Waals surface area (Å²) >= 11 is 0. The number of carbonyl (C=O) groups excluding carboxylic acids is 1. The molecular weight excluding hydrogens is 459 g/mol. The number of hydrogen-bond donors (Lipinski definition) is 3. The lowest BCUT2D eigenvalue weighted by molar-refractivity contribution is 0.146. The summed E-state index contributed by atoms with van der Waals surface area (Å²) in [5.74, 6) is 2.11. The fraction of sp³-hybridized carbons (Fsp3) is 0.579. The van der Waals surface area contributed by atoms with E-state index in [9.17, 15) is 4.79 Å². The summed E-state index contributed by atoms with van der Waals surface area (Å²) in [5.41, 5.74) is 1.23. The van der Waals surface area contributed by atoms with Gasteiger partial charge in [0.2, 0.25) is 0 Å². The van der Waals surface area contributed by atoms with Crippen molar-refractivity contribution in [2.24, 2.45) is 10.9 Å². The number of alkyl carbamates (subject to hydrolysis) is 1. The van der Waals surface area contributed by atoms with Gasteiger partial charge >= 0.3 is 6.09 Å². The van der Waals surface area contributed by atoms with E-state index in [2.05, 4.69) is 33.1 Å².